The molecule has 0 amide bonds. The molecule has 1 rings (SSSR count). The molecule has 4 heteroatoms. The summed E-state index contributed by atoms with van der Waals surface area (Å²) in [7, 11) is 1.60. The molecule has 0 bridgehead atoms. The number of methoxy groups -OCH3 is 1. The van der Waals surface area contributed by atoms with E-state index in [1.54, 1.807) is 7.11 Å². The lowest BCUT2D eigenvalue weighted by molar-refractivity contribution is -0.0991. The van der Waals surface area contributed by atoms with Crippen LogP contribution in [-0.2, 0) is 9.47 Å². The lowest BCUT2D eigenvalue weighted by atomic mass is 9.89. The van der Waals surface area contributed by atoms with E-state index in [0.717, 1.165) is 32.7 Å². The highest BCUT2D eigenvalue weighted by atomic mass is 16.5. The van der Waals surface area contributed by atoms with E-state index in [0.29, 0.717) is 12.0 Å². The van der Waals surface area contributed by atoms with Gasteiger partial charge in [-0.1, -0.05) is 6.92 Å². The van der Waals surface area contributed by atoms with E-state index >= 15 is 0 Å². The molecule has 2 N–H and O–H groups in total. The Kier molecular flexibility index (Phi) is 4.81. The Labute approximate surface area is 85.6 Å². The summed E-state index contributed by atoms with van der Waals surface area (Å²) in [6.07, 6.45) is 0.392. The summed E-state index contributed by atoms with van der Waals surface area (Å²) < 4.78 is 9.98. The van der Waals surface area contributed by atoms with Crippen LogP contribution in [-0.4, -0.2) is 51.2 Å². The highest BCUT2D eigenvalue weighted by molar-refractivity contribution is 4.82. The highest BCUT2D eigenvalue weighted by Crippen LogP contribution is 2.24. The molecule has 84 valence electrons. The van der Waals surface area contributed by atoms with Crippen LogP contribution in [0.3, 0.4) is 0 Å². The standard InChI is InChI=1S/C10H21NO3/c1-10(7-14-8-10)6-11-4-3-9(12)5-13-2/h9,11-12H,3-8H2,1-2H3. The van der Waals surface area contributed by atoms with Gasteiger partial charge >= 0.3 is 0 Å². The van der Waals surface area contributed by atoms with Gasteiger partial charge in [0.15, 0.2) is 0 Å². The van der Waals surface area contributed by atoms with E-state index in [9.17, 15) is 5.11 Å². The molecule has 0 aromatic carbocycles. The van der Waals surface area contributed by atoms with Crippen LogP contribution in [0.5, 0.6) is 0 Å². The molecule has 0 spiro atoms. The van der Waals surface area contributed by atoms with Gasteiger partial charge < -0.3 is 19.9 Å². The fourth-order valence-electron chi connectivity index (χ4n) is 1.49. The zero-order chi connectivity index (χ0) is 10.4. The molecule has 1 aliphatic heterocycles. The number of aliphatic hydroxyl groups excluding tert-OH is 1. The molecular weight excluding hydrogens is 182 g/mol. The van der Waals surface area contributed by atoms with Crippen LogP contribution in [0.25, 0.3) is 0 Å². The third-order valence-electron chi connectivity index (χ3n) is 2.47. The van der Waals surface area contributed by atoms with E-state index in [4.69, 9.17) is 9.47 Å². The van der Waals surface area contributed by atoms with Crippen molar-refractivity contribution in [2.45, 2.75) is 19.4 Å². The van der Waals surface area contributed by atoms with Crippen molar-refractivity contribution in [3.8, 4) is 0 Å². The monoisotopic (exact) mass is 203 g/mol. The Morgan fingerprint density at radius 3 is 2.79 bits per heavy atom. The third kappa shape index (κ3) is 3.92. The van der Waals surface area contributed by atoms with Crippen molar-refractivity contribution in [1.82, 2.24) is 5.32 Å². The van der Waals surface area contributed by atoms with Gasteiger partial charge in [-0.15, -0.1) is 0 Å². The van der Waals surface area contributed by atoms with Crippen molar-refractivity contribution in [1.29, 1.82) is 0 Å². The summed E-state index contributed by atoms with van der Waals surface area (Å²) in [5.41, 5.74) is 0.312. The molecule has 14 heavy (non-hydrogen) atoms. The molecule has 1 atom stereocenters. The highest BCUT2D eigenvalue weighted by Gasteiger charge is 2.32. The smallest absolute Gasteiger partial charge is 0.0785 e. The van der Waals surface area contributed by atoms with Gasteiger partial charge in [0.2, 0.25) is 0 Å². The van der Waals surface area contributed by atoms with Gasteiger partial charge in [-0.05, 0) is 13.0 Å². The van der Waals surface area contributed by atoms with Gasteiger partial charge in [0, 0.05) is 19.1 Å². The van der Waals surface area contributed by atoms with Crippen molar-refractivity contribution in [3.05, 3.63) is 0 Å². The molecule has 0 saturated carbocycles. The summed E-state index contributed by atoms with van der Waals surface area (Å²) >= 11 is 0. The molecule has 0 aliphatic carbocycles. The van der Waals surface area contributed by atoms with E-state index < -0.39 is 0 Å². The third-order valence-corrected chi connectivity index (χ3v) is 2.47. The summed E-state index contributed by atoms with van der Waals surface area (Å²) in [6, 6.07) is 0. The fraction of sp³-hybridized carbons (Fsp3) is 1.00. The van der Waals surface area contributed by atoms with Gasteiger partial charge in [0.05, 0.1) is 25.9 Å². The minimum atomic E-state index is -0.349. The molecule has 0 aromatic rings. The molecule has 4 nitrogen and oxygen atoms in total. The van der Waals surface area contributed by atoms with E-state index in [-0.39, 0.29) is 6.10 Å². The maximum absolute atomic E-state index is 9.36. The Hall–Kier alpha value is -0.160. The SMILES string of the molecule is COCC(O)CCNCC1(C)COC1. The second kappa shape index (κ2) is 5.66. The average Bonchev–Trinajstić information content (AvgIpc) is 2.10. The number of aliphatic hydroxyl groups is 1. The summed E-state index contributed by atoms with van der Waals surface area (Å²) in [4.78, 5) is 0. The molecule has 1 saturated heterocycles. The van der Waals surface area contributed by atoms with Gasteiger partial charge in [0.1, 0.15) is 0 Å². The van der Waals surface area contributed by atoms with Gasteiger partial charge in [0.25, 0.3) is 0 Å². The number of ether oxygens (including phenoxy) is 2. The molecule has 1 fully saturated rings. The first-order valence-corrected chi connectivity index (χ1v) is 5.12. The van der Waals surface area contributed by atoms with E-state index in [1.165, 1.54) is 0 Å². The topological polar surface area (TPSA) is 50.7 Å². The van der Waals surface area contributed by atoms with Gasteiger partial charge in [-0.3, -0.25) is 0 Å². The fourth-order valence-corrected chi connectivity index (χ4v) is 1.49. The molecular formula is C10H21NO3. The van der Waals surface area contributed by atoms with Crippen molar-refractivity contribution >= 4 is 0 Å². The maximum Gasteiger partial charge on any atom is 0.0785 e. The van der Waals surface area contributed by atoms with E-state index in [2.05, 4.69) is 12.2 Å². The van der Waals surface area contributed by atoms with Crippen LogP contribution in [0.4, 0.5) is 0 Å². The number of nitrogens with one attached hydrogen (secondary N) is 1. The lowest BCUT2D eigenvalue weighted by Gasteiger charge is -2.38. The van der Waals surface area contributed by atoms with Crippen LogP contribution in [0.1, 0.15) is 13.3 Å². The summed E-state index contributed by atoms with van der Waals surface area (Å²) in [5, 5.41) is 12.7. The molecule has 0 radical (unpaired) electrons. The van der Waals surface area contributed by atoms with Crippen molar-refractivity contribution in [2.24, 2.45) is 5.41 Å². The molecule has 1 heterocycles. The number of hydrogen-bond acceptors (Lipinski definition) is 4. The zero-order valence-electron chi connectivity index (χ0n) is 9.08. The van der Waals surface area contributed by atoms with Crippen molar-refractivity contribution < 1.29 is 14.6 Å². The second-order valence-electron chi connectivity index (χ2n) is 4.38. The molecule has 0 aromatic heterocycles. The predicted molar refractivity (Wildman–Crippen MR) is 54.3 cm³/mol. The number of hydrogen-bond donors (Lipinski definition) is 2. The van der Waals surface area contributed by atoms with Crippen LogP contribution >= 0.6 is 0 Å². The quantitative estimate of drug-likeness (QED) is 0.572. The van der Waals surface area contributed by atoms with Crippen LogP contribution in [0.2, 0.25) is 0 Å². The Morgan fingerprint density at radius 2 is 2.29 bits per heavy atom. The second-order valence-corrected chi connectivity index (χ2v) is 4.38. The minimum Gasteiger partial charge on any atom is -0.391 e. The lowest BCUT2D eigenvalue weighted by Crippen LogP contribution is -2.47. The normalized spacial score (nSPS) is 21.6. The summed E-state index contributed by atoms with van der Waals surface area (Å²) in [6.45, 7) is 6.12. The Bertz CT molecular complexity index is 159. The minimum absolute atomic E-state index is 0.312. The largest absolute Gasteiger partial charge is 0.391 e. The predicted octanol–water partition coefficient (Wildman–Crippen LogP) is 0.00990. The Morgan fingerprint density at radius 1 is 1.57 bits per heavy atom. The average molecular weight is 203 g/mol. The zero-order valence-corrected chi connectivity index (χ0v) is 9.08. The van der Waals surface area contributed by atoms with Crippen molar-refractivity contribution in [3.63, 3.8) is 0 Å². The Balaban J connectivity index is 1.93. The van der Waals surface area contributed by atoms with Crippen LogP contribution in [0, 0.1) is 5.41 Å². The first-order chi connectivity index (χ1) is 6.66. The first kappa shape index (κ1) is 11.9. The molecule has 1 aliphatic rings. The van der Waals surface area contributed by atoms with E-state index in [1.807, 2.05) is 0 Å². The van der Waals surface area contributed by atoms with Gasteiger partial charge in [-0.25, -0.2) is 0 Å². The first-order valence-electron chi connectivity index (χ1n) is 5.12. The summed E-state index contributed by atoms with van der Waals surface area (Å²) in [5.74, 6) is 0. The number of rotatable bonds is 7. The van der Waals surface area contributed by atoms with Crippen LogP contribution < -0.4 is 5.32 Å². The van der Waals surface area contributed by atoms with Gasteiger partial charge in [-0.2, -0.15) is 0 Å². The maximum atomic E-state index is 9.36. The van der Waals surface area contributed by atoms with Crippen LogP contribution in [0.15, 0.2) is 0 Å². The van der Waals surface area contributed by atoms with Crippen molar-refractivity contribution in [2.75, 3.05) is 40.0 Å². The molecule has 1 unspecified atom stereocenters.